The van der Waals surface area contributed by atoms with Crippen LogP contribution in [0.5, 0.6) is 11.5 Å². The fraction of sp³-hybridized carbons (Fsp3) is 0.273. The van der Waals surface area contributed by atoms with Crippen molar-refractivity contribution in [3.63, 3.8) is 0 Å². The van der Waals surface area contributed by atoms with Crippen LogP contribution in [0.25, 0.3) is 10.9 Å². The second-order valence-electron chi connectivity index (χ2n) is 7.62. The molecule has 1 amide bonds. The molecule has 2 aliphatic rings. The van der Waals surface area contributed by atoms with Gasteiger partial charge in [0.1, 0.15) is 17.5 Å². The summed E-state index contributed by atoms with van der Waals surface area (Å²) < 4.78 is 11.0. The summed E-state index contributed by atoms with van der Waals surface area (Å²) in [6, 6.07) is 12.1. The lowest BCUT2D eigenvalue weighted by molar-refractivity contribution is -0.155. The topological polar surface area (TPSA) is 91.9 Å². The van der Waals surface area contributed by atoms with Crippen LogP contribution < -0.4 is 9.47 Å². The van der Waals surface area contributed by atoms with Gasteiger partial charge in [-0.2, -0.15) is 0 Å². The van der Waals surface area contributed by atoms with Gasteiger partial charge in [-0.3, -0.25) is 4.79 Å². The lowest BCUT2D eigenvalue weighted by Gasteiger charge is -2.48. The van der Waals surface area contributed by atoms with Crippen LogP contribution in [-0.4, -0.2) is 45.6 Å². The number of para-hydroxylation sites is 1. The minimum absolute atomic E-state index is 0.120. The fourth-order valence-electron chi connectivity index (χ4n) is 4.71. The summed E-state index contributed by atoms with van der Waals surface area (Å²) in [5.41, 5.74) is 2.17. The zero-order valence-corrected chi connectivity index (χ0v) is 16.9. The van der Waals surface area contributed by atoms with Gasteiger partial charge in [-0.05, 0) is 36.2 Å². The second-order valence-corrected chi connectivity index (χ2v) is 7.89. The van der Waals surface area contributed by atoms with E-state index in [1.807, 2.05) is 37.3 Å². The second kappa shape index (κ2) is 6.67. The highest BCUT2D eigenvalue weighted by Crippen LogP contribution is 2.47. The van der Waals surface area contributed by atoms with Crippen LogP contribution in [0.4, 0.5) is 0 Å². The van der Waals surface area contributed by atoms with E-state index in [0.717, 1.165) is 22.2 Å². The summed E-state index contributed by atoms with van der Waals surface area (Å²) in [6.07, 6.45) is 0.192. The number of benzene rings is 2. The third-order valence-electron chi connectivity index (χ3n) is 6.09. The zero-order valence-electron chi connectivity index (χ0n) is 16.1. The number of aliphatic carboxylic acids is 1. The largest absolute Gasteiger partial charge is 0.480 e. The average molecular weight is 427 g/mol. The van der Waals surface area contributed by atoms with Crippen molar-refractivity contribution in [2.75, 3.05) is 12.7 Å². The summed E-state index contributed by atoms with van der Waals surface area (Å²) in [5.74, 6) is -0.675. The van der Waals surface area contributed by atoms with Gasteiger partial charge in [0.05, 0.1) is 0 Å². The molecule has 0 fully saturated rings. The Morgan fingerprint density at radius 3 is 2.77 bits per heavy atom. The van der Waals surface area contributed by atoms with Gasteiger partial charge in [-0.1, -0.05) is 24.3 Å². The summed E-state index contributed by atoms with van der Waals surface area (Å²) >= 11 is 5.93. The van der Waals surface area contributed by atoms with E-state index in [9.17, 15) is 14.7 Å². The SMILES string of the molecule is CC1(c2ccc3c(c2)OCO3)c2[nH]c3ccccc3c2C[C@H](C(=O)O)N1C(=O)CCl. The van der Waals surface area contributed by atoms with Crippen molar-refractivity contribution in [2.24, 2.45) is 0 Å². The molecule has 0 saturated heterocycles. The molecule has 0 spiro atoms. The molecular formula is C22H19ClN2O5. The maximum atomic E-state index is 13.0. The molecule has 0 saturated carbocycles. The number of amides is 1. The quantitative estimate of drug-likeness (QED) is 0.627. The highest BCUT2D eigenvalue weighted by atomic mass is 35.5. The third kappa shape index (κ3) is 2.51. The van der Waals surface area contributed by atoms with Gasteiger partial charge in [0, 0.05) is 23.0 Å². The number of fused-ring (bicyclic) bond motifs is 4. The number of alkyl halides is 1. The number of ether oxygens (including phenoxy) is 2. The minimum Gasteiger partial charge on any atom is -0.480 e. The molecule has 1 unspecified atom stereocenters. The summed E-state index contributed by atoms with van der Waals surface area (Å²) in [7, 11) is 0. The zero-order chi connectivity index (χ0) is 21.0. The normalized spacial score (nSPS) is 22.2. The number of carboxylic acid groups (broad SMARTS) is 1. The standard InChI is InChI=1S/C22H19ClN2O5/c1-22(12-6-7-17-18(8-12)30-11-29-17)20-14(13-4-2-3-5-15(13)24-20)9-16(21(27)28)25(22)19(26)10-23/h2-8,16,24H,9-11H2,1H3,(H,27,28)/t16-,22?/m1/s1. The van der Waals surface area contributed by atoms with E-state index < -0.39 is 23.5 Å². The molecule has 2 N–H and O–H groups in total. The Morgan fingerprint density at radius 2 is 2.00 bits per heavy atom. The number of H-pyrrole nitrogens is 1. The number of carbonyl (C=O) groups is 2. The molecule has 8 heteroatoms. The maximum absolute atomic E-state index is 13.0. The Balaban J connectivity index is 1.82. The van der Waals surface area contributed by atoms with Crippen LogP contribution >= 0.6 is 11.6 Å². The Bertz CT molecular complexity index is 1190. The van der Waals surface area contributed by atoms with Gasteiger partial charge in [-0.15, -0.1) is 11.6 Å². The molecule has 2 aromatic carbocycles. The van der Waals surface area contributed by atoms with E-state index in [-0.39, 0.29) is 19.1 Å². The molecule has 3 aromatic rings. The summed E-state index contributed by atoms with van der Waals surface area (Å²) in [4.78, 5) is 30.1. The van der Waals surface area contributed by atoms with Crippen molar-refractivity contribution >= 4 is 34.4 Å². The number of rotatable bonds is 3. The molecule has 30 heavy (non-hydrogen) atoms. The molecule has 2 aliphatic heterocycles. The van der Waals surface area contributed by atoms with Crippen LogP contribution in [0.2, 0.25) is 0 Å². The van der Waals surface area contributed by atoms with Crippen LogP contribution in [0.3, 0.4) is 0 Å². The van der Waals surface area contributed by atoms with E-state index in [0.29, 0.717) is 17.1 Å². The van der Waals surface area contributed by atoms with Crippen molar-refractivity contribution < 1.29 is 24.2 Å². The van der Waals surface area contributed by atoms with E-state index in [1.165, 1.54) is 4.90 Å². The smallest absolute Gasteiger partial charge is 0.326 e. The maximum Gasteiger partial charge on any atom is 0.326 e. The third-order valence-corrected chi connectivity index (χ3v) is 6.32. The highest BCUT2D eigenvalue weighted by Gasteiger charge is 2.51. The van der Waals surface area contributed by atoms with Crippen LogP contribution in [-0.2, 0) is 21.5 Å². The predicted molar refractivity (Wildman–Crippen MR) is 110 cm³/mol. The number of hydrogen-bond donors (Lipinski definition) is 2. The van der Waals surface area contributed by atoms with E-state index in [2.05, 4.69) is 4.98 Å². The number of hydrogen-bond acceptors (Lipinski definition) is 4. The molecule has 2 atom stereocenters. The van der Waals surface area contributed by atoms with Gasteiger partial charge in [0.2, 0.25) is 12.7 Å². The first-order valence-corrected chi connectivity index (χ1v) is 10.1. The van der Waals surface area contributed by atoms with Crippen molar-refractivity contribution in [3.05, 3.63) is 59.3 Å². The lowest BCUT2D eigenvalue weighted by atomic mass is 9.77. The number of carbonyl (C=O) groups excluding carboxylic acids is 1. The molecule has 7 nitrogen and oxygen atoms in total. The molecular weight excluding hydrogens is 408 g/mol. The highest BCUT2D eigenvalue weighted by molar-refractivity contribution is 6.27. The lowest BCUT2D eigenvalue weighted by Crippen LogP contribution is -2.60. The van der Waals surface area contributed by atoms with Crippen molar-refractivity contribution in [3.8, 4) is 11.5 Å². The van der Waals surface area contributed by atoms with Crippen molar-refractivity contribution in [1.82, 2.24) is 9.88 Å². The number of nitrogens with one attached hydrogen (secondary N) is 1. The number of halogens is 1. The van der Waals surface area contributed by atoms with Gasteiger partial charge < -0.3 is 24.5 Å². The Labute approximate surface area is 177 Å². The average Bonchev–Trinajstić information content (AvgIpc) is 3.37. The number of aromatic nitrogens is 1. The summed E-state index contributed by atoms with van der Waals surface area (Å²) in [6.45, 7) is 1.97. The fourth-order valence-corrected chi connectivity index (χ4v) is 4.84. The first-order valence-electron chi connectivity index (χ1n) is 9.56. The van der Waals surface area contributed by atoms with Gasteiger partial charge in [0.25, 0.3) is 0 Å². The van der Waals surface area contributed by atoms with Gasteiger partial charge in [-0.25, -0.2) is 4.79 Å². The van der Waals surface area contributed by atoms with Crippen LogP contribution in [0, 0.1) is 0 Å². The van der Waals surface area contributed by atoms with Crippen molar-refractivity contribution in [1.29, 1.82) is 0 Å². The Kier molecular flexibility index (Phi) is 4.18. The number of aromatic amines is 1. The molecule has 0 aliphatic carbocycles. The Hall–Kier alpha value is -3.19. The monoisotopic (exact) mass is 426 g/mol. The molecule has 154 valence electrons. The van der Waals surface area contributed by atoms with Crippen molar-refractivity contribution in [2.45, 2.75) is 24.9 Å². The van der Waals surface area contributed by atoms with E-state index in [4.69, 9.17) is 21.1 Å². The minimum atomic E-state index is -1.09. The van der Waals surface area contributed by atoms with E-state index in [1.54, 1.807) is 12.1 Å². The number of nitrogens with zero attached hydrogens (tertiary/aromatic N) is 1. The molecule has 3 heterocycles. The molecule has 0 bridgehead atoms. The first kappa shape index (κ1) is 18.8. The van der Waals surface area contributed by atoms with Gasteiger partial charge in [0.15, 0.2) is 11.5 Å². The first-order chi connectivity index (χ1) is 14.4. The summed E-state index contributed by atoms with van der Waals surface area (Å²) in [5, 5.41) is 11.0. The molecule has 5 rings (SSSR count). The Morgan fingerprint density at radius 1 is 1.23 bits per heavy atom. The van der Waals surface area contributed by atoms with Crippen LogP contribution in [0.15, 0.2) is 42.5 Å². The number of carboxylic acids is 1. The van der Waals surface area contributed by atoms with Gasteiger partial charge >= 0.3 is 5.97 Å². The molecule has 0 radical (unpaired) electrons. The van der Waals surface area contributed by atoms with E-state index >= 15 is 0 Å². The van der Waals surface area contributed by atoms with Crippen LogP contribution in [0.1, 0.15) is 23.7 Å². The predicted octanol–water partition coefficient (Wildman–Crippen LogP) is 3.24. The molecule has 1 aromatic heterocycles.